The lowest BCUT2D eigenvalue weighted by molar-refractivity contribution is -0.153. The lowest BCUT2D eigenvalue weighted by Crippen LogP contribution is -2.60. The molecular weight excluding hydrogens is 408 g/mol. The number of hydrogen-bond acceptors (Lipinski definition) is 4. The SMILES string of the molecule is CC12CC[C@H]3[C@@H](CC[C@H]4C[C@@H](O)[C@@H](N5CCCCC5)CC43C)[C@@H]1C[C@H](N1CCCCC1)C2=O. The third kappa shape index (κ3) is 3.59. The van der Waals surface area contributed by atoms with Gasteiger partial charge in [0.2, 0.25) is 0 Å². The number of hydrogen-bond donors (Lipinski definition) is 1. The van der Waals surface area contributed by atoms with Crippen LogP contribution in [-0.4, -0.2) is 65.1 Å². The van der Waals surface area contributed by atoms with E-state index in [0.29, 0.717) is 29.1 Å². The van der Waals surface area contributed by atoms with Gasteiger partial charge in [-0.15, -0.1) is 0 Å². The average Bonchev–Trinajstić information content (AvgIpc) is 3.11. The van der Waals surface area contributed by atoms with Gasteiger partial charge in [-0.2, -0.15) is 0 Å². The van der Waals surface area contributed by atoms with Crippen molar-refractivity contribution in [2.45, 2.75) is 116 Å². The molecule has 6 rings (SSSR count). The van der Waals surface area contributed by atoms with E-state index in [1.165, 1.54) is 77.3 Å². The maximum absolute atomic E-state index is 13.8. The number of Topliss-reactive ketones (excluding diaryl/α,β-unsaturated/α-hetero) is 1. The summed E-state index contributed by atoms with van der Waals surface area (Å²) in [6.07, 6.45) is 16.0. The number of rotatable bonds is 2. The summed E-state index contributed by atoms with van der Waals surface area (Å²) >= 11 is 0. The molecule has 9 atom stereocenters. The fourth-order valence-electron chi connectivity index (χ4n) is 10.2. The molecule has 0 spiro atoms. The third-order valence-electron chi connectivity index (χ3n) is 12.1. The highest BCUT2D eigenvalue weighted by Gasteiger charge is 2.63. The molecule has 4 heteroatoms. The fraction of sp³-hybridized carbons (Fsp3) is 0.966. The van der Waals surface area contributed by atoms with Gasteiger partial charge >= 0.3 is 0 Å². The molecule has 6 fully saturated rings. The van der Waals surface area contributed by atoms with E-state index in [1.54, 1.807) is 0 Å². The molecule has 2 aliphatic heterocycles. The third-order valence-corrected chi connectivity index (χ3v) is 12.1. The minimum absolute atomic E-state index is 0.0765. The Morgan fingerprint density at radius 1 is 0.818 bits per heavy atom. The number of carbonyl (C=O) groups excluding carboxylic acids is 1. The van der Waals surface area contributed by atoms with Crippen LogP contribution < -0.4 is 0 Å². The summed E-state index contributed by atoms with van der Waals surface area (Å²) in [7, 11) is 0. The van der Waals surface area contributed by atoms with E-state index < -0.39 is 0 Å². The minimum atomic E-state index is -0.136. The van der Waals surface area contributed by atoms with Crippen LogP contribution in [0.2, 0.25) is 0 Å². The minimum Gasteiger partial charge on any atom is -0.391 e. The second-order valence-electron chi connectivity index (χ2n) is 13.5. The molecule has 0 bridgehead atoms. The molecule has 0 amide bonds. The molecule has 33 heavy (non-hydrogen) atoms. The molecular formula is C29H48N2O2. The van der Waals surface area contributed by atoms with Crippen molar-refractivity contribution in [1.82, 2.24) is 9.80 Å². The van der Waals surface area contributed by atoms with Crippen LogP contribution in [0.4, 0.5) is 0 Å². The van der Waals surface area contributed by atoms with Crippen molar-refractivity contribution in [3.8, 4) is 0 Å². The van der Waals surface area contributed by atoms with Gasteiger partial charge in [0.25, 0.3) is 0 Å². The highest BCUT2D eigenvalue weighted by Crippen LogP contribution is 2.66. The molecule has 2 heterocycles. The zero-order valence-corrected chi connectivity index (χ0v) is 21.3. The molecule has 1 N–H and O–H groups in total. The first-order valence-electron chi connectivity index (χ1n) is 14.6. The quantitative estimate of drug-likeness (QED) is 0.643. The van der Waals surface area contributed by atoms with Crippen LogP contribution in [0.5, 0.6) is 0 Å². The number of ketones is 1. The van der Waals surface area contributed by atoms with E-state index in [4.69, 9.17) is 0 Å². The first-order chi connectivity index (χ1) is 15.9. The van der Waals surface area contributed by atoms with Gasteiger partial charge in [0.05, 0.1) is 12.1 Å². The fourth-order valence-corrected chi connectivity index (χ4v) is 10.2. The van der Waals surface area contributed by atoms with Crippen LogP contribution in [-0.2, 0) is 4.79 Å². The van der Waals surface area contributed by atoms with Gasteiger partial charge in [-0.25, -0.2) is 0 Å². The Hall–Kier alpha value is -0.450. The van der Waals surface area contributed by atoms with Gasteiger partial charge in [0.1, 0.15) is 0 Å². The van der Waals surface area contributed by atoms with E-state index in [0.717, 1.165) is 44.2 Å². The van der Waals surface area contributed by atoms with Gasteiger partial charge < -0.3 is 5.11 Å². The Balaban J connectivity index is 1.24. The maximum atomic E-state index is 13.8. The average molecular weight is 457 g/mol. The number of aliphatic hydroxyl groups excluding tert-OH is 1. The summed E-state index contributed by atoms with van der Waals surface area (Å²) in [5.41, 5.74) is 0.269. The molecule has 2 saturated heterocycles. The summed E-state index contributed by atoms with van der Waals surface area (Å²) in [6, 6.07) is 0.573. The number of fused-ring (bicyclic) bond motifs is 5. The molecule has 4 nitrogen and oxygen atoms in total. The zero-order chi connectivity index (χ0) is 22.8. The second-order valence-corrected chi connectivity index (χ2v) is 13.5. The lowest BCUT2D eigenvalue weighted by Gasteiger charge is -2.62. The van der Waals surface area contributed by atoms with Crippen molar-refractivity contribution in [3.05, 3.63) is 0 Å². The summed E-state index contributed by atoms with van der Waals surface area (Å²) in [6.45, 7) is 9.62. The van der Waals surface area contributed by atoms with E-state index in [-0.39, 0.29) is 17.6 Å². The Morgan fingerprint density at radius 3 is 2.18 bits per heavy atom. The molecule has 0 aromatic heterocycles. The Bertz CT molecular complexity index is 744. The summed E-state index contributed by atoms with van der Waals surface area (Å²) < 4.78 is 0. The van der Waals surface area contributed by atoms with Crippen LogP contribution in [0.25, 0.3) is 0 Å². The van der Waals surface area contributed by atoms with Gasteiger partial charge in [0.15, 0.2) is 5.78 Å². The standard InChI is InChI=1S/C29H48N2O2/c1-28-12-11-22-21(23(28)18-24(27(28)33)30-13-5-3-6-14-30)10-9-20-17-26(32)25(19-29(20,22)2)31-15-7-4-8-16-31/h20-26,32H,3-19H2,1-2H3/t20-,21+,22-,23-,24-,25-,26+,28?,29?/m0/s1. The maximum Gasteiger partial charge on any atom is 0.156 e. The van der Waals surface area contributed by atoms with Crippen LogP contribution in [0, 0.1) is 34.5 Å². The van der Waals surface area contributed by atoms with E-state index in [1.807, 2.05) is 0 Å². The topological polar surface area (TPSA) is 43.8 Å². The van der Waals surface area contributed by atoms with Crippen LogP contribution in [0.3, 0.4) is 0 Å². The summed E-state index contributed by atoms with van der Waals surface area (Å²) in [5.74, 6) is 3.34. The second kappa shape index (κ2) is 8.59. The van der Waals surface area contributed by atoms with Crippen molar-refractivity contribution in [2.75, 3.05) is 26.2 Å². The molecule has 0 radical (unpaired) electrons. The van der Waals surface area contributed by atoms with Crippen LogP contribution >= 0.6 is 0 Å². The molecule has 186 valence electrons. The predicted octanol–water partition coefficient (Wildman–Crippen LogP) is 4.89. The van der Waals surface area contributed by atoms with E-state index in [2.05, 4.69) is 23.6 Å². The molecule has 0 aromatic rings. The summed E-state index contributed by atoms with van der Waals surface area (Å²) in [5, 5.41) is 11.2. The Kier molecular flexibility index (Phi) is 5.98. The molecule has 6 aliphatic rings. The normalized spacial score (nSPS) is 51.6. The molecule has 0 aromatic carbocycles. The molecule has 4 saturated carbocycles. The van der Waals surface area contributed by atoms with Crippen molar-refractivity contribution in [1.29, 1.82) is 0 Å². The highest BCUT2D eigenvalue weighted by atomic mass is 16.3. The number of piperidine rings is 2. The number of nitrogens with zero attached hydrogens (tertiary/aromatic N) is 2. The Labute approximate surface area is 201 Å². The lowest BCUT2D eigenvalue weighted by atomic mass is 9.44. The predicted molar refractivity (Wildman–Crippen MR) is 132 cm³/mol. The smallest absolute Gasteiger partial charge is 0.156 e. The van der Waals surface area contributed by atoms with Crippen molar-refractivity contribution < 1.29 is 9.90 Å². The van der Waals surface area contributed by atoms with Crippen LogP contribution in [0.15, 0.2) is 0 Å². The number of aliphatic hydroxyl groups is 1. The van der Waals surface area contributed by atoms with Crippen molar-refractivity contribution in [3.63, 3.8) is 0 Å². The number of carbonyl (C=O) groups is 1. The molecule has 4 aliphatic carbocycles. The van der Waals surface area contributed by atoms with Gasteiger partial charge in [-0.3, -0.25) is 14.6 Å². The molecule has 2 unspecified atom stereocenters. The van der Waals surface area contributed by atoms with E-state index in [9.17, 15) is 9.90 Å². The number of likely N-dealkylation sites (tertiary alicyclic amines) is 2. The summed E-state index contributed by atoms with van der Waals surface area (Å²) in [4.78, 5) is 19.0. The van der Waals surface area contributed by atoms with Gasteiger partial charge in [-0.05, 0) is 126 Å². The van der Waals surface area contributed by atoms with Gasteiger partial charge in [-0.1, -0.05) is 26.7 Å². The van der Waals surface area contributed by atoms with Gasteiger partial charge in [0, 0.05) is 11.5 Å². The van der Waals surface area contributed by atoms with Crippen LogP contribution in [0.1, 0.15) is 97.3 Å². The zero-order valence-electron chi connectivity index (χ0n) is 21.3. The largest absolute Gasteiger partial charge is 0.391 e. The van der Waals surface area contributed by atoms with E-state index >= 15 is 0 Å². The van der Waals surface area contributed by atoms with Crippen molar-refractivity contribution >= 4 is 5.78 Å². The van der Waals surface area contributed by atoms with Crippen molar-refractivity contribution in [2.24, 2.45) is 34.5 Å². The highest BCUT2D eigenvalue weighted by molar-refractivity contribution is 5.92. The first-order valence-corrected chi connectivity index (χ1v) is 14.6. The first kappa shape index (κ1) is 23.0. The monoisotopic (exact) mass is 456 g/mol. The Morgan fingerprint density at radius 2 is 1.48 bits per heavy atom.